The highest BCUT2D eigenvalue weighted by Crippen LogP contribution is 2.27. The molecule has 1 aliphatic rings. The van der Waals surface area contributed by atoms with E-state index in [2.05, 4.69) is 10.7 Å². The average Bonchev–Trinajstić information content (AvgIpc) is 3.18. The lowest BCUT2D eigenvalue weighted by molar-refractivity contribution is 0.101. The largest absolute Gasteiger partial charge is 0.489 e. The number of carbonyl (C=O) groups excluding carboxylic acids is 1. The first-order chi connectivity index (χ1) is 13.3. The van der Waals surface area contributed by atoms with Crippen LogP contribution in [0.1, 0.15) is 16.1 Å². The molecule has 0 bridgehead atoms. The number of ether oxygens (including phenoxy) is 1. The fraction of sp³-hybridized carbons (Fsp3) is 0.316. The maximum Gasteiger partial charge on any atom is 0.276 e. The van der Waals surface area contributed by atoms with Gasteiger partial charge >= 0.3 is 0 Å². The quantitative estimate of drug-likeness (QED) is 0.701. The Morgan fingerprint density at radius 3 is 2.75 bits per heavy atom. The van der Waals surface area contributed by atoms with E-state index in [0.717, 1.165) is 23.3 Å². The van der Waals surface area contributed by atoms with E-state index in [4.69, 9.17) is 10.5 Å². The molecule has 0 aliphatic carbocycles. The van der Waals surface area contributed by atoms with Crippen LogP contribution < -0.4 is 21.2 Å². The van der Waals surface area contributed by atoms with Crippen molar-refractivity contribution in [2.75, 3.05) is 25.5 Å². The number of aryl methyl sites for hydroxylation is 2. The van der Waals surface area contributed by atoms with Gasteiger partial charge in [0.15, 0.2) is 17.4 Å². The summed E-state index contributed by atoms with van der Waals surface area (Å²) < 4.78 is 34.0. The summed E-state index contributed by atoms with van der Waals surface area (Å²) in [6.07, 6.45) is 3.66. The smallest absolute Gasteiger partial charge is 0.276 e. The molecule has 7 nitrogen and oxygen atoms in total. The second kappa shape index (κ2) is 7.99. The fourth-order valence-electron chi connectivity index (χ4n) is 3.03. The van der Waals surface area contributed by atoms with E-state index in [-0.39, 0.29) is 24.0 Å². The molecule has 0 saturated heterocycles. The van der Waals surface area contributed by atoms with Gasteiger partial charge in [0.2, 0.25) is 0 Å². The summed E-state index contributed by atoms with van der Waals surface area (Å²) in [5.41, 5.74) is 11.5. The second-order valence-corrected chi connectivity index (χ2v) is 6.75. The molecule has 1 amide bonds. The van der Waals surface area contributed by atoms with Crippen molar-refractivity contribution in [3.05, 3.63) is 59.1 Å². The highest BCUT2D eigenvalue weighted by atomic mass is 19.2. The maximum atomic E-state index is 13.4. The van der Waals surface area contributed by atoms with E-state index in [1.807, 2.05) is 25.2 Å². The van der Waals surface area contributed by atoms with Gasteiger partial charge in [-0.25, -0.2) is 14.2 Å². The molecule has 1 unspecified atom stereocenters. The molecule has 0 fully saturated rings. The van der Waals surface area contributed by atoms with Crippen LogP contribution in [0.3, 0.4) is 0 Å². The Balaban J connectivity index is 1.75. The summed E-state index contributed by atoms with van der Waals surface area (Å²) >= 11 is 0. The first kappa shape index (κ1) is 19.8. The van der Waals surface area contributed by atoms with Crippen molar-refractivity contribution >= 4 is 11.6 Å². The van der Waals surface area contributed by atoms with Crippen molar-refractivity contribution in [3.63, 3.8) is 0 Å². The normalized spacial score (nSPS) is 14.8. The average molecular weight is 391 g/mol. The molecule has 150 valence electrons. The summed E-state index contributed by atoms with van der Waals surface area (Å²) in [5.74, 6) is -2.11. The predicted octanol–water partition coefficient (Wildman–Crippen LogP) is 1.90. The number of nitrogens with zero attached hydrogens (tertiary/aromatic N) is 2. The van der Waals surface area contributed by atoms with Crippen LogP contribution in [0.4, 0.5) is 14.5 Å². The summed E-state index contributed by atoms with van der Waals surface area (Å²) in [6.45, 7) is 2.65. The van der Waals surface area contributed by atoms with Crippen molar-refractivity contribution < 1.29 is 18.3 Å². The van der Waals surface area contributed by atoms with Gasteiger partial charge in [-0.05, 0) is 24.6 Å². The number of amides is 1. The van der Waals surface area contributed by atoms with Crippen LogP contribution >= 0.6 is 0 Å². The molecule has 2 aromatic rings. The zero-order valence-electron chi connectivity index (χ0n) is 15.9. The molecule has 2 heterocycles. The third kappa shape index (κ3) is 4.15. The van der Waals surface area contributed by atoms with Crippen LogP contribution in [0.15, 0.2) is 36.2 Å². The number of hydrogen-bond acceptors (Lipinski definition) is 5. The maximum absolute atomic E-state index is 13.4. The number of nitrogens with two attached hydrogens (primary N) is 1. The Kier molecular flexibility index (Phi) is 5.66. The molecule has 4 N–H and O–H groups in total. The first-order valence-electron chi connectivity index (χ1n) is 8.74. The number of nitrogens with one attached hydrogen (secondary N) is 2. The van der Waals surface area contributed by atoms with Crippen LogP contribution in [-0.4, -0.2) is 41.7 Å². The summed E-state index contributed by atoms with van der Waals surface area (Å²) in [5, 5.41) is 4.39. The van der Waals surface area contributed by atoms with Crippen LogP contribution in [0.2, 0.25) is 0 Å². The molecular formula is C19H23F2N5O2. The number of anilines is 1. The minimum absolute atomic E-state index is 0.149. The van der Waals surface area contributed by atoms with Crippen molar-refractivity contribution in [1.29, 1.82) is 0 Å². The molecule has 1 aliphatic heterocycles. The van der Waals surface area contributed by atoms with Crippen LogP contribution in [0, 0.1) is 18.6 Å². The van der Waals surface area contributed by atoms with Crippen molar-refractivity contribution in [2.24, 2.45) is 12.8 Å². The van der Waals surface area contributed by atoms with Gasteiger partial charge in [-0.2, -0.15) is 0 Å². The predicted molar refractivity (Wildman–Crippen MR) is 102 cm³/mol. The summed E-state index contributed by atoms with van der Waals surface area (Å²) in [6, 6.07) is 2.84. The summed E-state index contributed by atoms with van der Waals surface area (Å²) in [4.78, 5) is 12.7. The van der Waals surface area contributed by atoms with Crippen molar-refractivity contribution in [1.82, 2.24) is 15.0 Å². The molecular weight excluding hydrogens is 368 g/mol. The number of rotatable bonds is 6. The van der Waals surface area contributed by atoms with Gasteiger partial charge in [0.25, 0.3) is 5.91 Å². The molecule has 28 heavy (non-hydrogen) atoms. The minimum Gasteiger partial charge on any atom is -0.489 e. The Labute approximate surface area is 161 Å². The molecule has 1 aromatic heterocycles. The number of hydrazine groups is 1. The molecule has 1 aromatic carbocycles. The third-order valence-electron chi connectivity index (χ3n) is 4.48. The van der Waals surface area contributed by atoms with E-state index in [1.54, 1.807) is 17.8 Å². The van der Waals surface area contributed by atoms with E-state index < -0.39 is 17.5 Å². The Morgan fingerprint density at radius 2 is 2.11 bits per heavy atom. The minimum atomic E-state index is -1.04. The lowest BCUT2D eigenvalue weighted by Crippen LogP contribution is -2.32. The van der Waals surface area contributed by atoms with Crippen molar-refractivity contribution in [2.45, 2.75) is 13.0 Å². The zero-order valence-corrected chi connectivity index (χ0v) is 15.9. The molecule has 3 rings (SSSR count). The third-order valence-corrected chi connectivity index (χ3v) is 4.48. The number of aromatic nitrogens is 1. The van der Waals surface area contributed by atoms with Gasteiger partial charge in [-0.15, -0.1) is 0 Å². The van der Waals surface area contributed by atoms with Gasteiger partial charge in [-0.1, -0.05) is 0 Å². The van der Waals surface area contributed by atoms with Gasteiger partial charge in [-0.3, -0.25) is 4.79 Å². The van der Waals surface area contributed by atoms with Crippen molar-refractivity contribution in [3.8, 4) is 5.75 Å². The Bertz CT molecular complexity index is 925. The Morgan fingerprint density at radius 1 is 1.36 bits per heavy atom. The van der Waals surface area contributed by atoms with Gasteiger partial charge in [0, 0.05) is 50.4 Å². The molecule has 9 heteroatoms. The molecule has 0 saturated carbocycles. The van der Waals surface area contributed by atoms with E-state index >= 15 is 0 Å². The number of hydrogen-bond donors (Lipinski definition) is 3. The molecule has 0 spiro atoms. The second-order valence-electron chi connectivity index (χ2n) is 6.75. The lowest BCUT2D eigenvalue weighted by atomic mass is 10.1. The van der Waals surface area contributed by atoms with Gasteiger partial charge in [0.05, 0.1) is 6.04 Å². The first-order valence-corrected chi connectivity index (χ1v) is 8.74. The fourth-order valence-corrected chi connectivity index (χ4v) is 3.03. The standard InChI is InChI=1S/C19H23F2N5O2/c1-11-8-25(2)17(19(27)24-13-4-5-14(20)15(21)6-13)18(11)28-10-16(22)12-7-23-26(3)9-12/h4-6,8-9,16,23H,7,10,22H2,1-3H3,(H,24,27). The van der Waals surface area contributed by atoms with E-state index in [1.165, 1.54) is 6.07 Å². The molecule has 0 radical (unpaired) electrons. The lowest BCUT2D eigenvalue weighted by Gasteiger charge is -2.15. The Hall–Kier alpha value is -2.91. The SMILES string of the molecule is Cc1cn(C)c(C(=O)Nc2ccc(F)c(F)c2)c1OCC(N)C1=CN(C)NC1. The highest BCUT2D eigenvalue weighted by Gasteiger charge is 2.23. The number of benzene rings is 1. The van der Waals surface area contributed by atoms with Gasteiger partial charge in [0.1, 0.15) is 12.3 Å². The van der Waals surface area contributed by atoms with Gasteiger partial charge < -0.3 is 25.4 Å². The number of carbonyl (C=O) groups is 1. The van der Waals surface area contributed by atoms with Crippen LogP contribution in [-0.2, 0) is 7.05 Å². The topological polar surface area (TPSA) is 84.5 Å². The summed E-state index contributed by atoms with van der Waals surface area (Å²) in [7, 11) is 3.58. The molecule has 1 atom stereocenters. The number of halogens is 2. The van der Waals surface area contributed by atoms with E-state index in [9.17, 15) is 13.6 Å². The van der Waals surface area contributed by atoms with E-state index in [0.29, 0.717) is 12.3 Å². The zero-order chi connectivity index (χ0) is 20.4. The van der Waals surface area contributed by atoms with Crippen LogP contribution in [0.5, 0.6) is 5.75 Å². The monoisotopic (exact) mass is 391 g/mol. The van der Waals surface area contributed by atoms with Crippen LogP contribution in [0.25, 0.3) is 0 Å². The highest BCUT2D eigenvalue weighted by molar-refractivity contribution is 6.05.